The van der Waals surface area contributed by atoms with Gasteiger partial charge < -0.3 is 10.1 Å². The largest absolute Gasteiger partial charge is 0.478 e. The van der Waals surface area contributed by atoms with E-state index >= 15 is 0 Å². The van der Waals surface area contributed by atoms with E-state index in [1.54, 1.807) is 0 Å². The Morgan fingerprint density at radius 1 is 1.04 bits per heavy atom. The molecule has 1 heterocycles. The van der Waals surface area contributed by atoms with E-state index in [0.29, 0.717) is 12.2 Å². The molecule has 1 aliphatic heterocycles. The fraction of sp³-hybridized carbons (Fsp3) is 0.143. The van der Waals surface area contributed by atoms with E-state index in [0.717, 1.165) is 27.6 Å². The van der Waals surface area contributed by atoms with Gasteiger partial charge in [-0.15, -0.1) is 0 Å². The van der Waals surface area contributed by atoms with Crippen molar-refractivity contribution in [3.8, 4) is 11.8 Å². The van der Waals surface area contributed by atoms with E-state index in [1.165, 1.54) is 0 Å². The Kier molecular flexibility index (Phi) is 3.83. The molecule has 3 aromatic carbocycles. The smallest absolute Gasteiger partial charge is 0.225 e. The summed E-state index contributed by atoms with van der Waals surface area (Å²) in [7, 11) is 0. The van der Waals surface area contributed by atoms with Crippen LogP contribution in [0.1, 0.15) is 23.5 Å². The second kappa shape index (κ2) is 6.29. The fourth-order valence-electron chi connectivity index (χ4n) is 3.49. The average molecular weight is 328 g/mol. The Morgan fingerprint density at radius 3 is 2.72 bits per heavy atom. The molecular weight excluding hydrogens is 312 g/mol. The van der Waals surface area contributed by atoms with Crippen molar-refractivity contribution in [2.45, 2.75) is 12.3 Å². The summed E-state index contributed by atoms with van der Waals surface area (Å²) in [5.41, 5.74) is 2.88. The molecule has 4 rings (SSSR count). The lowest BCUT2D eigenvalue weighted by molar-refractivity contribution is -0.116. The molecule has 0 aromatic heterocycles. The third kappa shape index (κ3) is 2.70. The average Bonchev–Trinajstić information content (AvgIpc) is 2.66. The first kappa shape index (κ1) is 15.2. The molecule has 1 N–H and O–H groups in total. The van der Waals surface area contributed by atoms with Gasteiger partial charge in [0.2, 0.25) is 5.91 Å². The first-order chi connectivity index (χ1) is 12.3. The Hall–Kier alpha value is -3.32. The number of fused-ring (bicyclic) bond motifs is 3. The molecule has 0 radical (unpaired) electrons. The van der Waals surface area contributed by atoms with E-state index in [1.807, 2.05) is 54.6 Å². The lowest BCUT2D eigenvalue weighted by atomic mass is 9.83. The molecule has 0 fully saturated rings. The van der Waals surface area contributed by atoms with Crippen LogP contribution in [0.2, 0.25) is 0 Å². The van der Waals surface area contributed by atoms with E-state index in [2.05, 4.69) is 17.4 Å². The van der Waals surface area contributed by atoms with E-state index in [4.69, 9.17) is 10.00 Å². The Balaban J connectivity index is 1.88. The van der Waals surface area contributed by atoms with Crippen LogP contribution in [0.15, 0.2) is 60.7 Å². The minimum atomic E-state index is -0.0942. The highest BCUT2D eigenvalue weighted by molar-refractivity contribution is 6.06. The third-order valence-corrected chi connectivity index (χ3v) is 4.58. The van der Waals surface area contributed by atoms with E-state index < -0.39 is 0 Å². The number of nitrogens with one attached hydrogen (secondary N) is 1. The lowest BCUT2D eigenvalue weighted by Gasteiger charge is -2.28. The summed E-state index contributed by atoms with van der Waals surface area (Å²) in [5.74, 6) is 0.551. The molecular formula is C21H16N2O2. The molecule has 1 amide bonds. The van der Waals surface area contributed by atoms with Gasteiger partial charge in [0.05, 0.1) is 5.69 Å². The van der Waals surface area contributed by atoms with Gasteiger partial charge in [-0.1, -0.05) is 54.6 Å². The van der Waals surface area contributed by atoms with Crippen molar-refractivity contribution in [2.75, 3.05) is 11.9 Å². The van der Waals surface area contributed by atoms with Crippen LogP contribution in [-0.2, 0) is 4.79 Å². The van der Waals surface area contributed by atoms with Gasteiger partial charge in [-0.05, 0) is 17.0 Å². The zero-order chi connectivity index (χ0) is 17.2. The highest BCUT2D eigenvalue weighted by Gasteiger charge is 2.29. The molecule has 0 aliphatic carbocycles. The second-order valence-corrected chi connectivity index (χ2v) is 6.04. The number of rotatable bonds is 3. The number of carbonyl (C=O) groups is 1. The van der Waals surface area contributed by atoms with Crippen molar-refractivity contribution in [1.29, 1.82) is 5.26 Å². The summed E-state index contributed by atoms with van der Waals surface area (Å²) < 4.78 is 5.58. The van der Waals surface area contributed by atoms with Crippen molar-refractivity contribution in [3.05, 3.63) is 71.8 Å². The lowest BCUT2D eigenvalue weighted by Crippen LogP contribution is -2.24. The molecule has 1 aliphatic rings. The molecule has 1 unspecified atom stereocenters. The van der Waals surface area contributed by atoms with Gasteiger partial charge in [0.1, 0.15) is 11.8 Å². The maximum Gasteiger partial charge on any atom is 0.225 e. The van der Waals surface area contributed by atoms with Crippen LogP contribution < -0.4 is 10.1 Å². The van der Waals surface area contributed by atoms with E-state index in [-0.39, 0.29) is 18.4 Å². The summed E-state index contributed by atoms with van der Waals surface area (Å²) in [4.78, 5) is 12.4. The molecule has 4 heteroatoms. The zero-order valence-corrected chi connectivity index (χ0v) is 13.5. The topological polar surface area (TPSA) is 62.1 Å². The van der Waals surface area contributed by atoms with Gasteiger partial charge in [-0.2, -0.15) is 5.26 Å². The predicted molar refractivity (Wildman–Crippen MR) is 96.6 cm³/mol. The molecule has 4 nitrogen and oxygen atoms in total. The Labute approximate surface area is 145 Å². The summed E-state index contributed by atoms with van der Waals surface area (Å²) in [6.07, 6.45) is 0.359. The predicted octanol–water partition coefficient (Wildman–Crippen LogP) is 4.22. The van der Waals surface area contributed by atoms with Gasteiger partial charge in [0.15, 0.2) is 6.61 Å². The van der Waals surface area contributed by atoms with Crippen molar-refractivity contribution >= 4 is 22.4 Å². The summed E-state index contributed by atoms with van der Waals surface area (Å²) in [6, 6.07) is 21.8. The Bertz CT molecular complexity index is 1000. The summed E-state index contributed by atoms with van der Waals surface area (Å²) in [6.45, 7) is -0.0134. The molecule has 1 atom stereocenters. The first-order valence-corrected chi connectivity index (χ1v) is 8.18. The van der Waals surface area contributed by atoms with Crippen LogP contribution in [0.3, 0.4) is 0 Å². The number of hydrogen-bond donors (Lipinski definition) is 1. The van der Waals surface area contributed by atoms with Gasteiger partial charge in [-0.25, -0.2) is 0 Å². The number of hydrogen-bond acceptors (Lipinski definition) is 3. The maximum atomic E-state index is 12.4. The molecule has 122 valence electrons. The first-order valence-electron chi connectivity index (χ1n) is 8.18. The highest BCUT2D eigenvalue weighted by atomic mass is 16.5. The molecule has 3 aromatic rings. The number of carbonyl (C=O) groups excluding carboxylic acids is 1. The molecule has 25 heavy (non-hydrogen) atoms. The van der Waals surface area contributed by atoms with Gasteiger partial charge >= 0.3 is 0 Å². The van der Waals surface area contributed by atoms with Crippen LogP contribution in [0.25, 0.3) is 10.8 Å². The normalized spacial score (nSPS) is 16.0. The van der Waals surface area contributed by atoms with Crippen molar-refractivity contribution in [2.24, 2.45) is 0 Å². The zero-order valence-electron chi connectivity index (χ0n) is 13.5. The SMILES string of the molecule is N#CCOc1ccccc1C1CC(=O)Nc2c1ccc1ccccc21. The van der Waals surface area contributed by atoms with Crippen LogP contribution >= 0.6 is 0 Å². The number of anilines is 1. The maximum absolute atomic E-state index is 12.4. The van der Waals surface area contributed by atoms with Crippen molar-refractivity contribution in [1.82, 2.24) is 0 Å². The van der Waals surface area contributed by atoms with Gasteiger partial charge in [-0.3, -0.25) is 4.79 Å². The van der Waals surface area contributed by atoms with Crippen molar-refractivity contribution < 1.29 is 9.53 Å². The number of nitrogens with zero attached hydrogens (tertiary/aromatic N) is 1. The number of amides is 1. The minimum absolute atomic E-state index is 0.0102. The molecule has 0 saturated heterocycles. The molecule has 0 bridgehead atoms. The Morgan fingerprint density at radius 2 is 1.84 bits per heavy atom. The van der Waals surface area contributed by atoms with Crippen LogP contribution in [0.4, 0.5) is 5.69 Å². The third-order valence-electron chi connectivity index (χ3n) is 4.58. The number of nitriles is 1. The van der Waals surface area contributed by atoms with Crippen LogP contribution in [0, 0.1) is 11.3 Å². The van der Waals surface area contributed by atoms with Crippen LogP contribution in [-0.4, -0.2) is 12.5 Å². The standard InChI is InChI=1S/C21H16N2O2/c22-11-12-25-19-8-4-3-7-16(19)18-13-20(24)23-21-15-6-2-1-5-14(15)9-10-17(18)21/h1-10,18H,12-13H2,(H,23,24). The van der Waals surface area contributed by atoms with Crippen LogP contribution in [0.5, 0.6) is 5.75 Å². The summed E-state index contributed by atoms with van der Waals surface area (Å²) in [5, 5.41) is 14.0. The number of para-hydroxylation sites is 1. The molecule has 0 spiro atoms. The monoisotopic (exact) mass is 328 g/mol. The quantitative estimate of drug-likeness (QED) is 0.783. The fourth-order valence-corrected chi connectivity index (χ4v) is 3.49. The summed E-state index contributed by atoms with van der Waals surface area (Å²) >= 11 is 0. The minimum Gasteiger partial charge on any atom is -0.478 e. The van der Waals surface area contributed by atoms with E-state index in [9.17, 15) is 4.79 Å². The van der Waals surface area contributed by atoms with Crippen molar-refractivity contribution in [3.63, 3.8) is 0 Å². The number of ether oxygens (including phenoxy) is 1. The van der Waals surface area contributed by atoms with Gasteiger partial charge in [0, 0.05) is 23.3 Å². The van der Waals surface area contributed by atoms with Gasteiger partial charge in [0.25, 0.3) is 0 Å². The second-order valence-electron chi connectivity index (χ2n) is 6.04. The number of benzene rings is 3. The molecule has 0 saturated carbocycles. The highest BCUT2D eigenvalue weighted by Crippen LogP contribution is 2.43.